The molecule has 1 saturated heterocycles. The molecule has 1 unspecified atom stereocenters. The van der Waals surface area contributed by atoms with Crippen LogP contribution >= 0.6 is 11.3 Å². The summed E-state index contributed by atoms with van der Waals surface area (Å²) in [4.78, 5) is 15.4. The second kappa shape index (κ2) is 4.28. The highest BCUT2D eigenvalue weighted by molar-refractivity contribution is 7.09. The fourth-order valence-corrected chi connectivity index (χ4v) is 2.63. The van der Waals surface area contributed by atoms with Crippen molar-refractivity contribution in [2.24, 2.45) is 5.41 Å². The summed E-state index contributed by atoms with van der Waals surface area (Å²) >= 11 is 1.50. The van der Waals surface area contributed by atoms with E-state index in [1.807, 2.05) is 5.38 Å². The largest absolute Gasteiger partial charge is 0.481 e. The van der Waals surface area contributed by atoms with Crippen LogP contribution in [0.4, 0.5) is 0 Å². The van der Waals surface area contributed by atoms with Crippen LogP contribution in [0.3, 0.4) is 0 Å². The zero-order valence-corrected chi connectivity index (χ0v) is 9.13. The summed E-state index contributed by atoms with van der Waals surface area (Å²) in [6.07, 6.45) is 3.69. The molecule has 4 nitrogen and oxygen atoms in total. The van der Waals surface area contributed by atoms with E-state index in [2.05, 4.69) is 4.98 Å². The number of nitrogens with zero attached hydrogens (tertiary/aromatic N) is 1. The first-order chi connectivity index (χ1) is 7.23. The summed E-state index contributed by atoms with van der Waals surface area (Å²) in [5, 5.41) is 12.0. The Morgan fingerprint density at radius 2 is 2.60 bits per heavy atom. The molecule has 0 aliphatic carbocycles. The van der Waals surface area contributed by atoms with Crippen molar-refractivity contribution in [2.75, 3.05) is 13.2 Å². The number of carbonyl (C=O) groups is 1. The van der Waals surface area contributed by atoms with Gasteiger partial charge in [-0.05, 0) is 12.8 Å². The Balaban J connectivity index is 2.15. The quantitative estimate of drug-likeness (QED) is 0.851. The van der Waals surface area contributed by atoms with E-state index >= 15 is 0 Å². The Morgan fingerprint density at radius 3 is 3.13 bits per heavy atom. The Labute approximate surface area is 91.9 Å². The first-order valence-corrected chi connectivity index (χ1v) is 5.80. The van der Waals surface area contributed by atoms with E-state index < -0.39 is 11.4 Å². The number of thiazole rings is 1. The lowest BCUT2D eigenvalue weighted by Crippen LogP contribution is -2.41. The first-order valence-electron chi connectivity index (χ1n) is 4.92. The molecule has 0 radical (unpaired) electrons. The Morgan fingerprint density at radius 1 is 1.73 bits per heavy atom. The minimum Gasteiger partial charge on any atom is -0.481 e. The molecule has 1 fully saturated rings. The molecule has 0 aromatic carbocycles. The van der Waals surface area contributed by atoms with Gasteiger partial charge in [0.05, 0.1) is 17.0 Å². The number of hydrogen-bond acceptors (Lipinski definition) is 4. The van der Waals surface area contributed by atoms with Crippen LogP contribution in [0.1, 0.15) is 17.8 Å². The van der Waals surface area contributed by atoms with Gasteiger partial charge in [-0.1, -0.05) is 0 Å². The average molecular weight is 227 g/mol. The standard InChI is InChI=1S/C10H13NO3S/c12-9(13)10(2-1-4-14-7-10)6-8-11-3-5-15-8/h3,5H,1-2,4,6-7H2,(H,12,13). The van der Waals surface area contributed by atoms with Crippen molar-refractivity contribution in [1.29, 1.82) is 0 Å². The number of ether oxygens (including phenoxy) is 1. The highest BCUT2D eigenvalue weighted by atomic mass is 32.1. The Kier molecular flexibility index (Phi) is 3.02. The van der Waals surface area contributed by atoms with Crippen molar-refractivity contribution >= 4 is 17.3 Å². The van der Waals surface area contributed by atoms with Gasteiger partial charge in [-0.2, -0.15) is 0 Å². The lowest BCUT2D eigenvalue weighted by Gasteiger charge is -2.32. The zero-order valence-electron chi connectivity index (χ0n) is 8.31. The number of aliphatic carboxylic acids is 1. The van der Waals surface area contributed by atoms with Crippen LogP contribution in [-0.2, 0) is 16.0 Å². The molecule has 2 heterocycles. The summed E-state index contributed by atoms with van der Waals surface area (Å²) in [6, 6.07) is 0. The van der Waals surface area contributed by atoms with Crippen molar-refractivity contribution in [3.8, 4) is 0 Å². The number of carboxylic acid groups (broad SMARTS) is 1. The van der Waals surface area contributed by atoms with Crippen LogP contribution in [-0.4, -0.2) is 29.3 Å². The molecule has 0 spiro atoms. The number of hydrogen-bond donors (Lipinski definition) is 1. The summed E-state index contributed by atoms with van der Waals surface area (Å²) < 4.78 is 5.29. The predicted octanol–water partition coefficient (Wildman–Crippen LogP) is 1.57. The van der Waals surface area contributed by atoms with E-state index in [1.54, 1.807) is 6.20 Å². The molecule has 0 saturated carbocycles. The van der Waals surface area contributed by atoms with Crippen LogP contribution in [0.25, 0.3) is 0 Å². The van der Waals surface area contributed by atoms with Crippen molar-refractivity contribution in [3.63, 3.8) is 0 Å². The maximum absolute atomic E-state index is 11.3. The van der Waals surface area contributed by atoms with Crippen LogP contribution in [0.15, 0.2) is 11.6 Å². The molecular weight excluding hydrogens is 214 g/mol. The Hall–Kier alpha value is -0.940. The lowest BCUT2D eigenvalue weighted by atomic mass is 9.80. The smallest absolute Gasteiger partial charge is 0.312 e. The van der Waals surface area contributed by atoms with Gasteiger partial charge >= 0.3 is 5.97 Å². The molecule has 1 aliphatic heterocycles. The van der Waals surface area contributed by atoms with Gasteiger partial charge in [0.1, 0.15) is 0 Å². The second-order valence-corrected chi connectivity index (χ2v) is 4.82. The summed E-state index contributed by atoms with van der Waals surface area (Å²) in [5.41, 5.74) is -0.754. The van der Waals surface area contributed by atoms with Gasteiger partial charge in [0.25, 0.3) is 0 Å². The molecule has 1 aromatic rings. The molecule has 1 atom stereocenters. The predicted molar refractivity (Wildman–Crippen MR) is 55.9 cm³/mol. The van der Waals surface area contributed by atoms with E-state index in [0.717, 1.165) is 11.4 Å². The van der Waals surface area contributed by atoms with Crippen LogP contribution < -0.4 is 0 Å². The molecule has 0 bridgehead atoms. The second-order valence-electron chi connectivity index (χ2n) is 3.84. The van der Waals surface area contributed by atoms with Crippen molar-refractivity contribution in [1.82, 2.24) is 4.98 Å². The minimum absolute atomic E-state index is 0.307. The minimum atomic E-state index is -0.766. The van der Waals surface area contributed by atoms with Crippen LogP contribution in [0.2, 0.25) is 0 Å². The van der Waals surface area contributed by atoms with Crippen molar-refractivity contribution in [2.45, 2.75) is 19.3 Å². The first kappa shape index (κ1) is 10.6. The van der Waals surface area contributed by atoms with Crippen molar-refractivity contribution in [3.05, 3.63) is 16.6 Å². The van der Waals surface area contributed by atoms with E-state index in [-0.39, 0.29) is 0 Å². The molecule has 1 N–H and O–H groups in total. The molecule has 5 heteroatoms. The highest BCUT2D eigenvalue weighted by Crippen LogP contribution is 2.33. The molecule has 15 heavy (non-hydrogen) atoms. The maximum Gasteiger partial charge on any atom is 0.312 e. The average Bonchev–Trinajstić information content (AvgIpc) is 2.71. The van der Waals surface area contributed by atoms with Gasteiger partial charge in [0, 0.05) is 24.6 Å². The van der Waals surface area contributed by atoms with Crippen LogP contribution in [0, 0.1) is 5.41 Å². The molecule has 1 aromatic heterocycles. The van der Waals surface area contributed by atoms with Gasteiger partial charge in [0.2, 0.25) is 0 Å². The van der Waals surface area contributed by atoms with E-state index in [9.17, 15) is 9.90 Å². The molecule has 82 valence electrons. The van der Waals surface area contributed by atoms with Gasteiger partial charge in [-0.15, -0.1) is 11.3 Å². The zero-order chi connectivity index (χ0) is 10.7. The fourth-order valence-electron chi connectivity index (χ4n) is 1.87. The third-order valence-electron chi connectivity index (χ3n) is 2.75. The van der Waals surface area contributed by atoms with Crippen LogP contribution in [0.5, 0.6) is 0 Å². The number of aromatic nitrogens is 1. The summed E-state index contributed by atoms with van der Waals surface area (Å²) in [7, 11) is 0. The van der Waals surface area contributed by atoms with Gasteiger partial charge < -0.3 is 9.84 Å². The van der Waals surface area contributed by atoms with Gasteiger partial charge in [0.15, 0.2) is 0 Å². The molecule has 1 aliphatic rings. The van der Waals surface area contributed by atoms with Gasteiger partial charge in [-0.3, -0.25) is 4.79 Å². The monoisotopic (exact) mass is 227 g/mol. The maximum atomic E-state index is 11.3. The fraction of sp³-hybridized carbons (Fsp3) is 0.600. The van der Waals surface area contributed by atoms with E-state index in [1.165, 1.54) is 11.3 Å². The summed E-state index contributed by atoms with van der Waals surface area (Å²) in [5.74, 6) is -0.766. The number of rotatable bonds is 3. The number of carboxylic acids is 1. The molecule has 0 amide bonds. The summed E-state index contributed by atoms with van der Waals surface area (Å²) in [6.45, 7) is 0.981. The Bertz CT molecular complexity index is 330. The topological polar surface area (TPSA) is 59.4 Å². The molecular formula is C10H13NO3S. The highest BCUT2D eigenvalue weighted by Gasteiger charge is 2.41. The third-order valence-corrected chi connectivity index (χ3v) is 3.53. The van der Waals surface area contributed by atoms with Crippen molar-refractivity contribution < 1.29 is 14.6 Å². The van der Waals surface area contributed by atoms with Gasteiger partial charge in [-0.25, -0.2) is 4.98 Å². The lowest BCUT2D eigenvalue weighted by molar-refractivity contribution is -0.157. The van der Waals surface area contributed by atoms with E-state index in [4.69, 9.17) is 4.74 Å². The third kappa shape index (κ3) is 2.18. The normalized spacial score (nSPS) is 26.4. The molecule has 2 rings (SSSR count). The SMILES string of the molecule is O=C(O)C1(Cc2nccs2)CCCOC1. The van der Waals surface area contributed by atoms with E-state index in [0.29, 0.717) is 26.1 Å².